The Kier molecular flexibility index (Phi) is 9.60. The fraction of sp³-hybridized carbons (Fsp3) is 0.667. The molecule has 168 valence electrons. The summed E-state index contributed by atoms with van der Waals surface area (Å²) in [6.45, 7) is 10.2. The number of aromatic nitrogens is 1. The summed E-state index contributed by atoms with van der Waals surface area (Å²) in [7, 11) is 3.94. The summed E-state index contributed by atoms with van der Waals surface area (Å²) >= 11 is 0. The van der Waals surface area contributed by atoms with E-state index in [1.165, 1.54) is 5.56 Å². The Balaban J connectivity index is 0.00000320. The number of likely N-dealkylation sites (N-methyl/N-ethyl adjacent to an activating group) is 1. The molecular formula is C21H36IN7O. The molecule has 3 heterocycles. The van der Waals surface area contributed by atoms with Gasteiger partial charge in [-0.2, -0.15) is 0 Å². The molecule has 1 amide bonds. The second kappa shape index (κ2) is 11.7. The van der Waals surface area contributed by atoms with Crippen LogP contribution in [0, 0.1) is 5.92 Å². The Morgan fingerprint density at radius 2 is 2.00 bits per heavy atom. The molecular weight excluding hydrogens is 493 g/mol. The van der Waals surface area contributed by atoms with Crippen LogP contribution in [0.3, 0.4) is 0 Å². The third-order valence-electron chi connectivity index (χ3n) is 5.67. The van der Waals surface area contributed by atoms with Crippen LogP contribution in [0.1, 0.15) is 25.8 Å². The van der Waals surface area contributed by atoms with Gasteiger partial charge in [0.2, 0.25) is 5.91 Å². The molecule has 0 saturated carbocycles. The first-order valence-corrected chi connectivity index (χ1v) is 10.6. The molecule has 0 bridgehead atoms. The lowest BCUT2D eigenvalue weighted by Crippen LogP contribution is -2.46. The van der Waals surface area contributed by atoms with E-state index in [1.807, 2.05) is 31.0 Å². The van der Waals surface area contributed by atoms with Gasteiger partial charge in [0, 0.05) is 76.6 Å². The number of hydrogen-bond acceptors (Lipinski definition) is 5. The average molecular weight is 529 g/mol. The number of likely N-dealkylation sites (tertiary alicyclic amines) is 1. The molecule has 0 aromatic carbocycles. The SMILES string of the molecule is CN=C(NCc1cccnc1N1CCN(C)CC1)NC1CCN(C(=O)C(C)C)C1.I. The van der Waals surface area contributed by atoms with Gasteiger partial charge in [-0.15, -0.1) is 24.0 Å². The molecule has 0 spiro atoms. The van der Waals surface area contributed by atoms with Gasteiger partial charge in [-0.25, -0.2) is 4.98 Å². The molecule has 9 heteroatoms. The van der Waals surface area contributed by atoms with E-state index in [-0.39, 0.29) is 41.8 Å². The maximum Gasteiger partial charge on any atom is 0.225 e. The van der Waals surface area contributed by atoms with Crippen molar-refractivity contribution < 1.29 is 4.79 Å². The van der Waals surface area contributed by atoms with Crippen molar-refractivity contribution in [2.75, 3.05) is 58.3 Å². The van der Waals surface area contributed by atoms with E-state index in [1.54, 1.807) is 7.05 Å². The highest BCUT2D eigenvalue weighted by Crippen LogP contribution is 2.18. The second-order valence-electron chi connectivity index (χ2n) is 8.27. The van der Waals surface area contributed by atoms with Crippen molar-refractivity contribution in [1.82, 2.24) is 25.4 Å². The monoisotopic (exact) mass is 529 g/mol. The molecule has 2 N–H and O–H groups in total. The number of nitrogens with one attached hydrogen (secondary N) is 2. The maximum absolute atomic E-state index is 12.2. The van der Waals surface area contributed by atoms with Crippen LogP contribution >= 0.6 is 24.0 Å². The highest BCUT2D eigenvalue weighted by atomic mass is 127. The van der Waals surface area contributed by atoms with Crippen LogP contribution in [0.25, 0.3) is 0 Å². The van der Waals surface area contributed by atoms with Crippen LogP contribution in [-0.4, -0.2) is 86.1 Å². The lowest BCUT2D eigenvalue weighted by atomic mass is 10.2. The molecule has 2 saturated heterocycles. The zero-order valence-corrected chi connectivity index (χ0v) is 20.9. The first kappa shape index (κ1) is 24.6. The van der Waals surface area contributed by atoms with E-state index in [0.717, 1.165) is 57.5 Å². The topological polar surface area (TPSA) is 76.1 Å². The molecule has 2 aliphatic rings. The lowest BCUT2D eigenvalue weighted by Gasteiger charge is -2.34. The van der Waals surface area contributed by atoms with E-state index in [2.05, 4.69) is 43.5 Å². The minimum absolute atomic E-state index is 0. The molecule has 1 unspecified atom stereocenters. The van der Waals surface area contributed by atoms with E-state index in [0.29, 0.717) is 6.54 Å². The number of guanidine groups is 1. The first-order valence-electron chi connectivity index (χ1n) is 10.6. The maximum atomic E-state index is 12.2. The van der Waals surface area contributed by atoms with Crippen molar-refractivity contribution in [2.45, 2.75) is 32.9 Å². The number of nitrogens with zero attached hydrogens (tertiary/aromatic N) is 5. The number of hydrogen-bond donors (Lipinski definition) is 2. The van der Waals surface area contributed by atoms with E-state index in [4.69, 9.17) is 0 Å². The summed E-state index contributed by atoms with van der Waals surface area (Å²) in [6, 6.07) is 4.34. The van der Waals surface area contributed by atoms with Crippen molar-refractivity contribution in [3.63, 3.8) is 0 Å². The minimum atomic E-state index is 0. The van der Waals surface area contributed by atoms with Crippen molar-refractivity contribution >= 4 is 41.7 Å². The zero-order valence-electron chi connectivity index (χ0n) is 18.6. The number of carbonyl (C=O) groups excluding carboxylic acids is 1. The third kappa shape index (κ3) is 6.44. The molecule has 1 atom stereocenters. The fourth-order valence-electron chi connectivity index (χ4n) is 3.88. The molecule has 8 nitrogen and oxygen atoms in total. The van der Waals surface area contributed by atoms with Gasteiger partial charge in [0.15, 0.2) is 5.96 Å². The Labute approximate surface area is 197 Å². The number of rotatable bonds is 5. The van der Waals surface area contributed by atoms with Gasteiger partial charge in [0.05, 0.1) is 0 Å². The molecule has 2 fully saturated rings. The average Bonchev–Trinajstić information content (AvgIpc) is 3.19. The summed E-state index contributed by atoms with van der Waals surface area (Å²) in [5.74, 6) is 2.09. The van der Waals surface area contributed by atoms with Gasteiger partial charge in [-0.1, -0.05) is 19.9 Å². The van der Waals surface area contributed by atoms with Crippen molar-refractivity contribution in [3.05, 3.63) is 23.9 Å². The van der Waals surface area contributed by atoms with E-state index >= 15 is 0 Å². The van der Waals surface area contributed by atoms with E-state index < -0.39 is 0 Å². The number of carbonyl (C=O) groups is 1. The predicted octanol–water partition coefficient (Wildman–Crippen LogP) is 1.37. The Hall–Kier alpha value is -1.62. The van der Waals surface area contributed by atoms with Crippen molar-refractivity contribution in [2.24, 2.45) is 10.9 Å². The smallest absolute Gasteiger partial charge is 0.225 e. The summed E-state index contributed by atoms with van der Waals surface area (Å²) in [6.07, 6.45) is 2.81. The second-order valence-corrected chi connectivity index (χ2v) is 8.27. The van der Waals surface area contributed by atoms with Gasteiger partial charge >= 0.3 is 0 Å². The predicted molar refractivity (Wildman–Crippen MR) is 133 cm³/mol. The quantitative estimate of drug-likeness (QED) is 0.341. The van der Waals surface area contributed by atoms with Gasteiger partial charge in [0.25, 0.3) is 0 Å². The minimum Gasteiger partial charge on any atom is -0.354 e. The normalized spacial score (nSPS) is 20.3. The van der Waals surface area contributed by atoms with Crippen LogP contribution in [0.2, 0.25) is 0 Å². The summed E-state index contributed by atoms with van der Waals surface area (Å²) in [5.41, 5.74) is 1.17. The molecule has 0 aliphatic carbocycles. The molecule has 1 aromatic rings. The molecule has 3 rings (SSSR count). The largest absolute Gasteiger partial charge is 0.354 e. The Bertz CT molecular complexity index is 719. The standard InChI is InChI=1S/C21H35N7O.HI/c1-16(2)20(29)28-9-7-18(15-28)25-21(22-3)24-14-17-6-5-8-23-19(17)27-12-10-26(4)11-13-27;/h5-6,8,16,18H,7,9-15H2,1-4H3,(H2,22,24,25);1H. The third-order valence-corrected chi connectivity index (χ3v) is 5.67. The number of anilines is 1. The van der Waals surface area contributed by atoms with Crippen LogP contribution in [0.5, 0.6) is 0 Å². The van der Waals surface area contributed by atoms with Gasteiger partial charge < -0.3 is 25.3 Å². The number of amides is 1. The summed E-state index contributed by atoms with van der Waals surface area (Å²) < 4.78 is 0. The van der Waals surface area contributed by atoms with Crippen LogP contribution < -0.4 is 15.5 Å². The van der Waals surface area contributed by atoms with Crippen LogP contribution in [0.4, 0.5) is 5.82 Å². The first-order chi connectivity index (χ1) is 14.0. The van der Waals surface area contributed by atoms with E-state index in [9.17, 15) is 4.79 Å². The summed E-state index contributed by atoms with van der Waals surface area (Å²) in [5, 5.41) is 6.89. The zero-order chi connectivity index (χ0) is 20.8. The van der Waals surface area contributed by atoms with Crippen LogP contribution in [-0.2, 0) is 11.3 Å². The van der Waals surface area contributed by atoms with Gasteiger partial charge in [-0.05, 0) is 19.5 Å². The van der Waals surface area contributed by atoms with Gasteiger partial charge in [0.1, 0.15) is 5.82 Å². The van der Waals surface area contributed by atoms with Crippen LogP contribution in [0.15, 0.2) is 23.3 Å². The lowest BCUT2D eigenvalue weighted by molar-refractivity contribution is -0.133. The summed E-state index contributed by atoms with van der Waals surface area (Å²) in [4.78, 5) is 27.9. The molecule has 0 radical (unpaired) electrons. The number of piperazine rings is 1. The Morgan fingerprint density at radius 3 is 2.67 bits per heavy atom. The number of aliphatic imine (C=N–C) groups is 1. The highest BCUT2D eigenvalue weighted by Gasteiger charge is 2.28. The number of pyridine rings is 1. The fourth-order valence-corrected chi connectivity index (χ4v) is 3.88. The Morgan fingerprint density at radius 1 is 1.27 bits per heavy atom. The molecule has 2 aliphatic heterocycles. The molecule has 30 heavy (non-hydrogen) atoms. The van der Waals surface area contributed by atoms with Crippen molar-refractivity contribution in [3.8, 4) is 0 Å². The van der Waals surface area contributed by atoms with Crippen molar-refractivity contribution in [1.29, 1.82) is 0 Å². The molecule has 1 aromatic heterocycles. The highest BCUT2D eigenvalue weighted by molar-refractivity contribution is 14.0. The number of halogens is 1. The van der Waals surface area contributed by atoms with Gasteiger partial charge in [-0.3, -0.25) is 9.79 Å².